The second-order valence-electron chi connectivity index (χ2n) is 3.97. The van der Waals surface area contributed by atoms with Crippen LogP contribution in [-0.4, -0.2) is 44.4 Å². The number of rotatable bonds is 3. The number of halogens is 1. The first-order valence-corrected chi connectivity index (χ1v) is 5.63. The first-order chi connectivity index (χ1) is 8.06. The minimum absolute atomic E-state index is 0.0421. The Kier molecular flexibility index (Phi) is 3.17. The molecule has 2 aromatic heterocycles. The van der Waals surface area contributed by atoms with Crippen molar-refractivity contribution in [3.05, 3.63) is 17.0 Å². The highest BCUT2D eigenvalue weighted by Gasteiger charge is 2.18. The molecule has 0 saturated carbocycles. The van der Waals surface area contributed by atoms with Gasteiger partial charge < -0.3 is 10.0 Å². The third-order valence-corrected chi connectivity index (χ3v) is 3.20. The normalized spacial score (nSPS) is 13.0. The zero-order valence-electron chi connectivity index (χ0n) is 9.92. The number of nitrogens with zero attached hydrogens (tertiary/aromatic N) is 5. The Hall–Kier alpha value is -1.40. The maximum atomic E-state index is 9.21. The van der Waals surface area contributed by atoms with Crippen LogP contribution in [0.4, 0.5) is 5.82 Å². The molecule has 0 saturated heterocycles. The predicted molar refractivity (Wildman–Crippen MR) is 65.5 cm³/mol. The van der Waals surface area contributed by atoms with Crippen molar-refractivity contribution in [3.8, 4) is 0 Å². The van der Waals surface area contributed by atoms with Crippen LogP contribution in [0.25, 0.3) is 5.78 Å². The maximum absolute atomic E-state index is 9.21. The van der Waals surface area contributed by atoms with Crippen LogP contribution >= 0.6 is 11.6 Å². The lowest BCUT2D eigenvalue weighted by atomic mass is 10.2. The smallest absolute Gasteiger partial charge is 0.255 e. The highest BCUT2D eigenvalue weighted by Crippen LogP contribution is 2.25. The molecule has 0 amide bonds. The fraction of sp³-hybridized carbons (Fsp3) is 0.500. The molecule has 6 nitrogen and oxygen atoms in total. The Morgan fingerprint density at radius 3 is 2.94 bits per heavy atom. The van der Waals surface area contributed by atoms with Gasteiger partial charge in [-0.05, 0) is 13.8 Å². The van der Waals surface area contributed by atoms with Crippen molar-refractivity contribution in [2.45, 2.75) is 19.9 Å². The Morgan fingerprint density at radius 1 is 1.59 bits per heavy atom. The van der Waals surface area contributed by atoms with Crippen molar-refractivity contribution in [2.75, 3.05) is 18.6 Å². The van der Waals surface area contributed by atoms with Gasteiger partial charge in [0.15, 0.2) is 0 Å². The molecule has 0 aliphatic heterocycles. The molecule has 17 heavy (non-hydrogen) atoms. The van der Waals surface area contributed by atoms with E-state index >= 15 is 0 Å². The second kappa shape index (κ2) is 4.46. The van der Waals surface area contributed by atoms with Crippen molar-refractivity contribution in [1.29, 1.82) is 0 Å². The van der Waals surface area contributed by atoms with Crippen LogP contribution in [0.3, 0.4) is 0 Å². The summed E-state index contributed by atoms with van der Waals surface area (Å²) >= 11 is 6.06. The molecule has 2 heterocycles. The van der Waals surface area contributed by atoms with E-state index in [1.165, 1.54) is 6.33 Å². The van der Waals surface area contributed by atoms with E-state index in [9.17, 15) is 5.11 Å². The Bertz CT molecular complexity index is 541. The summed E-state index contributed by atoms with van der Waals surface area (Å²) in [5.41, 5.74) is 0.812. The van der Waals surface area contributed by atoms with Gasteiger partial charge in [0.2, 0.25) is 0 Å². The fourth-order valence-corrected chi connectivity index (χ4v) is 1.79. The molecule has 1 N–H and O–H groups in total. The van der Waals surface area contributed by atoms with Crippen LogP contribution in [0.15, 0.2) is 6.33 Å². The second-order valence-corrected chi connectivity index (χ2v) is 4.32. The zero-order valence-corrected chi connectivity index (χ0v) is 10.7. The molecule has 0 spiro atoms. The maximum Gasteiger partial charge on any atom is 0.255 e. The average Bonchev–Trinajstić information content (AvgIpc) is 2.76. The standard InChI is InChI=1S/C10H14ClN5O/c1-6(4-17)15(3)9-7(2)8(11)14-10-12-5-13-16(9)10/h5-6,17H,4H2,1-3H3. The van der Waals surface area contributed by atoms with E-state index in [1.807, 2.05) is 25.8 Å². The lowest BCUT2D eigenvalue weighted by Crippen LogP contribution is -2.34. The quantitative estimate of drug-likeness (QED) is 0.826. The summed E-state index contributed by atoms with van der Waals surface area (Å²) in [6.45, 7) is 3.83. The van der Waals surface area contributed by atoms with Crippen LogP contribution in [0.2, 0.25) is 5.15 Å². The monoisotopic (exact) mass is 255 g/mol. The molecule has 92 valence electrons. The fourth-order valence-electron chi connectivity index (χ4n) is 1.63. The average molecular weight is 256 g/mol. The minimum Gasteiger partial charge on any atom is -0.394 e. The van der Waals surface area contributed by atoms with Gasteiger partial charge in [0.1, 0.15) is 17.3 Å². The SMILES string of the molecule is Cc1c(Cl)nc2ncnn2c1N(C)C(C)CO. The summed E-state index contributed by atoms with van der Waals surface area (Å²) < 4.78 is 1.62. The Labute approximate surface area is 104 Å². The molecule has 0 aromatic carbocycles. The molecule has 0 bridgehead atoms. The van der Waals surface area contributed by atoms with Gasteiger partial charge >= 0.3 is 0 Å². The topological polar surface area (TPSA) is 66.5 Å². The van der Waals surface area contributed by atoms with E-state index in [1.54, 1.807) is 4.52 Å². The van der Waals surface area contributed by atoms with Crippen molar-refractivity contribution >= 4 is 23.2 Å². The summed E-state index contributed by atoms with van der Waals surface area (Å²) in [5.74, 6) is 1.24. The Balaban J connectivity index is 2.65. The number of aliphatic hydroxyl groups excluding tert-OH is 1. The molecule has 1 unspecified atom stereocenters. The van der Waals surface area contributed by atoms with Gasteiger partial charge in [-0.2, -0.15) is 19.6 Å². The molecule has 2 rings (SSSR count). The summed E-state index contributed by atoms with van der Waals surface area (Å²) in [6.07, 6.45) is 1.43. The molecule has 0 aliphatic carbocycles. The van der Waals surface area contributed by atoms with Crippen LogP contribution in [-0.2, 0) is 0 Å². The number of anilines is 1. The number of hydrogen-bond acceptors (Lipinski definition) is 5. The van der Waals surface area contributed by atoms with E-state index in [2.05, 4.69) is 15.1 Å². The van der Waals surface area contributed by atoms with Gasteiger partial charge in [-0.3, -0.25) is 0 Å². The van der Waals surface area contributed by atoms with Gasteiger partial charge in [-0.15, -0.1) is 0 Å². The van der Waals surface area contributed by atoms with Crippen LogP contribution < -0.4 is 4.90 Å². The molecule has 0 aliphatic rings. The third kappa shape index (κ3) is 1.94. The first-order valence-electron chi connectivity index (χ1n) is 5.25. The van der Waals surface area contributed by atoms with Gasteiger partial charge in [-0.25, -0.2) is 0 Å². The van der Waals surface area contributed by atoms with Gasteiger partial charge in [0.25, 0.3) is 5.78 Å². The summed E-state index contributed by atoms with van der Waals surface area (Å²) in [6, 6.07) is -0.0421. The van der Waals surface area contributed by atoms with Crippen LogP contribution in [0.5, 0.6) is 0 Å². The third-order valence-electron chi connectivity index (χ3n) is 2.83. The molecule has 1 atom stereocenters. The molecular weight excluding hydrogens is 242 g/mol. The summed E-state index contributed by atoms with van der Waals surface area (Å²) in [5, 5.41) is 13.7. The summed E-state index contributed by atoms with van der Waals surface area (Å²) in [7, 11) is 1.88. The van der Waals surface area contributed by atoms with Crippen molar-refractivity contribution in [1.82, 2.24) is 19.6 Å². The molecule has 7 heteroatoms. The van der Waals surface area contributed by atoms with Crippen LogP contribution in [0.1, 0.15) is 12.5 Å². The largest absolute Gasteiger partial charge is 0.394 e. The van der Waals surface area contributed by atoms with Gasteiger partial charge in [0.05, 0.1) is 12.6 Å². The number of aromatic nitrogens is 4. The van der Waals surface area contributed by atoms with Crippen LogP contribution in [0, 0.1) is 6.92 Å². The van der Waals surface area contributed by atoms with E-state index in [4.69, 9.17) is 11.6 Å². The highest BCUT2D eigenvalue weighted by molar-refractivity contribution is 6.30. The number of hydrogen-bond donors (Lipinski definition) is 1. The molecule has 2 aromatic rings. The number of fused-ring (bicyclic) bond motifs is 1. The summed E-state index contributed by atoms with van der Waals surface area (Å²) in [4.78, 5) is 10.1. The predicted octanol–water partition coefficient (Wildman–Crippen LogP) is 0.903. The Morgan fingerprint density at radius 2 is 2.29 bits per heavy atom. The highest BCUT2D eigenvalue weighted by atomic mass is 35.5. The van der Waals surface area contributed by atoms with E-state index in [-0.39, 0.29) is 12.6 Å². The lowest BCUT2D eigenvalue weighted by Gasteiger charge is -2.27. The van der Waals surface area contributed by atoms with E-state index in [0.717, 1.165) is 11.4 Å². The van der Waals surface area contributed by atoms with Crippen molar-refractivity contribution < 1.29 is 5.11 Å². The van der Waals surface area contributed by atoms with Gasteiger partial charge in [-0.1, -0.05) is 11.6 Å². The minimum atomic E-state index is -0.0421. The van der Waals surface area contributed by atoms with Crippen molar-refractivity contribution in [2.24, 2.45) is 0 Å². The molecular formula is C10H14ClN5O. The number of likely N-dealkylation sites (N-methyl/N-ethyl adjacent to an activating group) is 1. The van der Waals surface area contributed by atoms with Crippen molar-refractivity contribution in [3.63, 3.8) is 0 Å². The molecule has 0 fully saturated rings. The van der Waals surface area contributed by atoms with Gasteiger partial charge in [0, 0.05) is 12.6 Å². The zero-order chi connectivity index (χ0) is 12.6. The number of aliphatic hydroxyl groups is 1. The van der Waals surface area contributed by atoms with E-state index in [0.29, 0.717) is 10.9 Å². The molecule has 0 radical (unpaired) electrons. The lowest BCUT2D eigenvalue weighted by molar-refractivity contribution is 0.269. The van der Waals surface area contributed by atoms with E-state index < -0.39 is 0 Å². The first kappa shape index (κ1) is 12.1.